The maximum atomic E-state index is 13.7. The van der Waals surface area contributed by atoms with Crippen LogP contribution >= 0.6 is 11.8 Å². The molecule has 11 heteroatoms. The molecule has 0 unspecified atom stereocenters. The second-order valence-corrected chi connectivity index (χ2v) is 10.7. The Morgan fingerprint density at radius 1 is 1.16 bits per heavy atom. The molecule has 1 atom stereocenters. The quantitative estimate of drug-likeness (QED) is 0.281. The fourth-order valence-corrected chi connectivity index (χ4v) is 5.02. The van der Waals surface area contributed by atoms with E-state index in [0.717, 1.165) is 41.3 Å². The highest BCUT2D eigenvalue weighted by Crippen LogP contribution is 2.45. The Hall–Kier alpha value is -3.60. The van der Waals surface area contributed by atoms with E-state index in [1.54, 1.807) is 23.4 Å². The smallest absolute Gasteiger partial charge is 0.295 e. The summed E-state index contributed by atoms with van der Waals surface area (Å²) in [4.78, 5) is 42.6. The predicted octanol–water partition coefficient (Wildman–Crippen LogP) is 4.93. The highest BCUT2D eigenvalue weighted by atomic mass is 32.2. The molecule has 4 aromatic rings. The van der Waals surface area contributed by atoms with Gasteiger partial charge in [-0.05, 0) is 51.0 Å². The van der Waals surface area contributed by atoms with Crippen molar-refractivity contribution in [2.75, 3.05) is 18.2 Å². The van der Waals surface area contributed by atoms with Crippen LogP contribution in [-0.4, -0.2) is 47.3 Å². The van der Waals surface area contributed by atoms with Crippen LogP contribution in [0.2, 0.25) is 0 Å². The Labute approximate surface area is 225 Å². The summed E-state index contributed by atoms with van der Waals surface area (Å²) < 4.78 is 7.29. The highest BCUT2D eigenvalue weighted by molar-refractivity contribution is 7.99. The fraction of sp³-hybridized carbons (Fsp3) is 0.444. The van der Waals surface area contributed by atoms with E-state index in [1.165, 1.54) is 6.33 Å². The van der Waals surface area contributed by atoms with Crippen molar-refractivity contribution in [1.29, 1.82) is 0 Å². The molecular weight excluding hydrogens is 500 g/mol. The van der Waals surface area contributed by atoms with Gasteiger partial charge in [0.1, 0.15) is 17.4 Å². The number of rotatable bonds is 10. The van der Waals surface area contributed by atoms with E-state index >= 15 is 0 Å². The number of nitrogens with one attached hydrogen (secondary N) is 1. The summed E-state index contributed by atoms with van der Waals surface area (Å²) in [5, 5.41) is 3.21. The number of nitrogens with zero attached hydrogens (tertiary/aromatic N) is 7. The van der Waals surface area contributed by atoms with E-state index in [1.807, 2.05) is 39.1 Å². The molecule has 5 rings (SSSR count). The first-order valence-electron chi connectivity index (χ1n) is 13.0. The Bertz CT molecular complexity index is 1520. The summed E-state index contributed by atoms with van der Waals surface area (Å²) in [6.45, 7) is 8.43. The monoisotopic (exact) mass is 532 g/mol. The minimum absolute atomic E-state index is 0.101. The molecule has 38 heavy (non-hydrogen) atoms. The highest BCUT2D eigenvalue weighted by Gasteiger charge is 2.32. The molecule has 0 radical (unpaired) electrons. The van der Waals surface area contributed by atoms with Crippen molar-refractivity contribution in [3.8, 4) is 17.3 Å². The first kappa shape index (κ1) is 26.0. The van der Waals surface area contributed by atoms with Gasteiger partial charge in [0.2, 0.25) is 5.88 Å². The number of anilines is 1. The first-order chi connectivity index (χ1) is 18.4. The van der Waals surface area contributed by atoms with Crippen molar-refractivity contribution in [3.05, 3.63) is 52.1 Å². The van der Waals surface area contributed by atoms with Gasteiger partial charge in [-0.1, -0.05) is 13.8 Å². The van der Waals surface area contributed by atoms with Gasteiger partial charge in [-0.2, -0.15) is 0 Å². The maximum absolute atomic E-state index is 13.7. The Balaban J connectivity index is 1.60. The van der Waals surface area contributed by atoms with Gasteiger partial charge in [0.25, 0.3) is 5.56 Å². The molecule has 0 saturated heterocycles. The summed E-state index contributed by atoms with van der Waals surface area (Å²) in [6, 6.07) is 3.91. The van der Waals surface area contributed by atoms with Crippen molar-refractivity contribution in [3.63, 3.8) is 0 Å². The van der Waals surface area contributed by atoms with E-state index in [-0.39, 0.29) is 17.4 Å². The first-order valence-corrected chi connectivity index (χ1v) is 13.9. The zero-order valence-corrected chi connectivity index (χ0v) is 23.2. The van der Waals surface area contributed by atoms with Crippen LogP contribution in [0, 0.1) is 6.92 Å². The van der Waals surface area contributed by atoms with E-state index in [2.05, 4.69) is 27.2 Å². The second kappa shape index (κ2) is 11.0. The summed E-state index contributed by atoms with van der Waals surface area (Å²) >= 11 is 1.74. The van der Waals surface area contributed by atoms with Gasteiger partial charge >= 0.3 is 0 Å². The van der Waals surface area contributed by atoms with Crippen LogP contribution in [0.5, 0.6) is 5.88 Å². The molecule has 0 aromatic carbocycles. The molecular formula is C27H32N8O2S. The third-order valence-electron chi connectivity index (χ3n) is 6.71. The number of ether oxygens (including phenoxy) is 1. The van der Waals surface area contributed by atoms with E-state index in [0.29, 0.717) is 46.6 Å². The molecule has 1 N–H and O–H groups in total. The Morgan fingerprint density at radius 3 is 2.63 bits per heavy atom. The minimum Gasteiger partial charge on any atom is -0.480 e. The lowest BCUT2D eigenvalue weighted by atomic mass is 10.1. The molecule has 0 amide bonds. The zero-order valence-electron chi connectivity index (χ0n) is 22.4. The van der Waals surface area contributed by atoms with E-state index in [9.17, 15) is 4.79 Å². The van der Waals surface area contributed by atoms with E-state index in [4.69, 9.17) is 19.7 Å². The molecule has 4 aromatic heterocycles. The average molecular weight is 533 g/mol. The van der Waals surface area contributed by atoms with Crippen LogP contribution < -0.4 is 15.6 Å². The summed E-state index contributed by atoms with van der Waals surface area (Å²) in [7, 11) is 1.58. The van der Waals surface area contributed by atoms with Crippen LogP contribution in [0.15, 0.2) is 34.3 Å². The lowest BCUT2D eigenvalue weighted by molar-refractivity contribution is 0.397. The summed E-state index contributed by atoms with van der Waals surface area (Å²) in [6.07, 6.45) is 6.24. The van der Waals surface area contributed by atoms with Gasteiger partial charge in [0, 0.05) is 23.1 Å². The fourth-order valence-electron chi connectivity index (χ4n) is 4.39. The summed E-state index contributed by atoms with van der Waals surface area (Å²) in [5.74, 6) is 2.46. The SMILES string of the molecule is CCSc1ccc(CNc2nc3c(C)nc(-c4c(OC)ncnc4C4CC4)nc3n([C@H](C)CC)c2=O)nc1. The normalized spacial score (nSPS) is 14.0. The van der Waals surface area contributed by atoms with Gasteiger partial charge < -0.3 is 10.1 Å². The van der Waals surface area contributed by atoms with Gasteiger partial charge in [0.05, 0.1) is 30.7 Å². The number of hydrogen-bond acceptors (Lipinski definition) is 10. The molecule has 1 saturated carbocycles. The lowest BCUT2D eigenvalue weighted by Gasteiger charge is -2.19. The number of pyridine rings is 1. The van der Waals surface area contributed by atoms with Gasteiger partial charge in [-0.3, -0.25) is 14.3 Å². The topological polar surface area (TPSA) is 121 Å². The van der Waals surface area contributed by atoms with Crippen LogP contribution in [0.25, 0.3) is 22.6 Å². The predicted molar refractivity (Wildman–Crippen MR) is 149 cm³/mol. The van der Waals surface area contributed by atoms with Gasteiger partial charge in [-0.15, -0.1) is 11.8 Å². The third kappa shape index (κ3) is 5.07. The van der Waals surface area contributed by atoms with Crippen LogP contribution in [0.3, 0.4) is 0 Å². The van der Waals surface area contributed by atoms with Crippen molar-refractivity contribution in [1.82, 2.24) is 34.5 Å². The largest absolute Gasteiger partial charge is 0.480 e. The van der Waals surface area contributed by atoms with Gasteiger partial charge in [-0.25, -0.2) is 24.9 Å². The number of aryl methyl sites for hydroxylation is 1. The van der Waals surface area contributed by atoms with Crippen molar-refractivity contribution in [2.45, 2.75) is 70.4 Å². The Kier molecular flexibility index (Phi) is 7.55. The van der Waals surface area contributed by atoms with Gasteiger partial charge in [0.15, 0.2) is 17.3 Å². The number of fused-ring (bicyclic) bond motifs is 1. The van der Waals surface area contributed by atoms with Crippen LogP contribution in [-0.2, 0) is 6.54 Å². The molecule has 1 fully saturated rings. The number of methoxy groups -OCH3 is 1. The minimum atomic E-state index is -0.229. The van der Waals surface area contributed by atoms with Crippen LogP contribution in [0.4, 0.5) is 5.82 Å². The number of aromatic nitrogens is 7. The maximum Gasteiger partial charge on any atom is 0.295 e. The number of hydrogen-bond donors (Lipinski definition) is 1. The lowest BCUT2D eigenvalue weighted by Crippen LogP contribution is -2.29. The average Bonchev–Trinajstić information content (AvgIpc) is 3.78. The zero-order chi connectivity index (χ0) is 26.8. The van der Waals surface area contributed by atoms with Crippen molar-refractivity contribution < 1.29 is 4.74 Å². The van der Waals surface area contributed by atoms with E-state index < -0.39 is 0 Å². The van der Waals surface area contributed by atoms with Crippen molar-refractivity contribution >= 4 is 28.7 Å². The standard InChI is InChI=1S/C27H32N8O2S/c1-6-15(3)35-25-21(33-24(27(35)36)29-12-18-10-11-19(13-28-18)38-7-2)16(4)32-23(34-25)20-22(17-8-9-17)30-14-31-26(20)37-5/h10-11,13-15,17H,6-9,12H2,1-5H3,(H,29,33)/t15-/m1/s1. The van der Waals surface area contributed by atoms with Crippen LogP contribution in [0.1, 0.15) is 69.1 Å². The number of thioether (sulfide) groups is 1. The molecule has 198 valence electrons. The molecule has 1 aliphatic rings. The molecule has 1 aliphatic carbocycles. The summed E-state index contributed by atoms with van der Waals surface area (Å²) in [5.41, 5.74) is 3.89. The molecule has 0 bridgehead atoms. The third-order valence-corrected chi connectivity index (χ3v) is 7.58. The van der Waals surface area contributed by atoms with Crippen molar-refractivity contribution in [2.24, 2.45) is 0 Å². The molecule has 0 spiro atoms. The molecule has 10 nitrogen and oxygen atoms in total. The molecule has 4 heterocycles. The Morgan fingerprint density at radius 2 is 1.97 bits per heavy atom. The molecule has 0 aliphatic heterocycles. The second-order valence-electron chi connectivity index (χ2n) is 9.39.